The van der Waals surface area contributed by atoms with Crippen LogP contribution in [0.3, 0.4) is 0 Å². The summed E-state index contributed by atoms with van der Waals surface area (Å²) in [5.74, 6) is 1.19. The molecule has 1 aliphatic heterocycles. The third-order valence-corrected chi connectivity index (χ3v) is 5.49. The van der Waals surface area contributed by atoms with Crippen LogP contribution >= 0.6 is 0 Å². The Kier molecular flexibility index (Phi) is 9.09. The van der Waals surface area contributed by atoms with E-state index < -0.39 is 0 Å². The summed E-state index contributed by atoms with van der Waals surface area (Å²) in [7, 11) is 0. The van der Waals surface area contributed by atoms with Gasteiger partial charge in [-0.3, -0.25) is 19.4 Å². The van der Waals surface area contributed by atoms with Crippen LogP contribution in [0.15, 0.2) is 48.5 Å². The van der Waals surface area contributed by atoms with Gasteiger partial charge in [0.25, 0.3) is 0 Å². The number of piperazine rings is 1. The van der Waals surface area contributed by atoms with Crippen LogP contribution in [0.2, 0.25) is 0 Å². The second-order valence-electron chi connectivity index (χ2n) is 8.01. The maximum Gasteiger partial charge on any atom is 0.238 e. The molecule has 33 heavy (non-hydrogen) atoms. The number of nitrogens with zero attached hydrogens (tertiary/aromatic N) is 2. The summed E-state index contributed by atoms with van der Waals surface area (Å²) in [6.07, 6.45) is 0. The number of anilines is 2. The number of hydrogen-bond donors (Lipinski definition) is 2. The largest absolute Gasteiger partial charge is 0.492 e. The highest BCUT2D eigenvalue weighted by molar-refractivity contribution is 5.94. The first-order valence-corrected chi connectivity index (χ1v) is 11.5. The van der Waals surface area contributed by atoms with Crippen molar-refractivity contribution >= 4 is 23.2 Å². The Morgan fingerprint density at radius 1 is 0.848 bits per heavy atom. The lowest BCUT2D eigenvalue weighted by molar-refractivity contribution is -0.120. The highest BCUT2D eigenvalue weighted by atomic mass is 16.5. The number of carbonyl (C=O) groups excluding carboxylic acids is 2. The Morgan fingerprint density at radius 2 is 1.36 bits per heavy atom. The molecular formula is C25H34N4O4. The molecule has 0 spiro atoms. The Morgan fingerprint density at radius 3 is 1.88 bits per heavy atom. The SMILES string of the molecule is CCOc1ccccc1NC(=O)CN1CCN(CC(=O)Nc2ccccc2OCC)C(C)C1. The molecular weight excluding hydrogens is 420 g/mol. The highest BCUT2D eigenvalue weighted by Gasteiger charge is 2.26. The van der Waals surface area contributed by atoms with E-state index in [0.29, 0.717) is 68.8 Å². The minimum atomic E-state index is -0.0762. The number of para-hydroxylation sites is 4. The summed E-state index contributed by atoms with van der Waals surface area (Å²) in [5, 5.41) is 5.90. The molecule has 0 saturated carbocycles. The van der Waals surface area contributed by atoms with Gasteiger partial charge in [-0.25, -0.2) is 0 Å². The monoisotopic (exact) mass is 454 g/mol. The van der Waals surface area contributed by atoms with Gasteiger partial charge in [0.2, 0.25) is 11.8 Å². The molecule has 8 heteroatoms. The number of ether oxygens (including phenoxy) is 2. The molecule has 0 bridgehead atoms. The second kappa shape index (κ2) is 12.2. The van der Waals surface area contributed by atoms with Crippen LogP contribution in [-0.4, -0.2) is 73.6 Å². The van der Waals surface area contributed by atoms with E-state index in [-0.39, 0.29) is 17.9 Å². The van der Waals surface area contributed by atoms with Crippen LogP contribution in [0.1, 0.15) is 20.8 Å². The predicted molar refractivity (Wildman–Crippen MR) is 130 cm³/mol. The van der Waals surface area contributed by atoms with E-state index in [1.165, 1.54) is 0 Å². The van der Waals surface area contributed by atoms with Gasteiger partial charge in [-0.05, 0) is 45.0 Å². The standard InChI is InChI=1S/C25H34N4O4/c1-4-32-22-12-8-6-10-20(22)26-24(30)17-28-14-15-29(19(3)16-28)18-25(31)27-21-11-7-9-13-23(21)33-5-2/h6-13,19H,4-5,14-18H2,1-3H3,(H,26,30)(H,27,31). The van der Waals surface area contributed by atoms with Crippen molar-refractivity contribution in [1.29, 1.82) is 0 Å². The Bertz CT molecular complexity index is 936. The minimum absolute atomic E-state index is 0.0759. The molecule has 2 aromatic rings. The first-order chi connectivity index (χ1) is 16.0. The fourth-order valence-electron chi connectivity index (χ4n) is 3.92. The third-order valence-electron chi connectivity index (χ3n) is 5.49. The normalized spacial score (nSPS) is 16.8. The summed E-state index contributed by atoms with van der Waals surface area (Å²) in [5.41, 5.74) is 1.36. The smallest absolute Gasteiger partial charge is 0.238 e. The maximum atomic E-state index is 12.6. The number of nitrogens with one attached hydrogen (secondary N) is 2. The van der Waals surface area contributed by atoms with Gasteiger partial charge in [-0.1, -0.05) is 24.3 Å². The molecule has 0 aromatic heterocycles. The topological polar surface area (TPSA) is 83.1 Å². The van der Waals surface area contributed by atoms with Gasteiger partial charge in [0, 0.05) is 25.7 Å². The average molecular weight is 455 g/mol. The van der Waals surface area contributed by atoms with Crippen molar-refractivity contribution in [2.75, 3.05) is 56.6 Å². The van der Waals surface area contributed by atoms with Crippen LogP contribution in [0.4, 0.5) is 11.4 Å². The van der Waals surface area contributed by atoms with Gasteiger partial charge in [-0.15, -0.1) is 0 Å². The fraction of sp³-hybridized carbons (Fsp3) is 0.440. The van der Waals surface area contributed by atoms with Crippen LogP contribution in [0.5, 0.6) is 11.5 Å². The van der Waals surface area contributed by atoms with E-state index in [2.05, 4.69) is 27.4 Å². The summed E-state index contributed by atoms with van der Waals surface area (Å²) < 4.78 is 11.2. The zero-order valence-electron chi connectivity index (χ0n) is 19.7. The zero-order valence-corrected chi connectivity index (χ0v) is 19.7. The Hall–Kier alpha value is -3.10. The van der Waals surface area contributed by atoms with Crippen LogP contribution < -0.4 is 20.1 Å². The van der Waals surface area contributed by atoms with E-state index >= 15 is 0 Å². The average Bonchev–Trinajstić information content (AvgIpc) is 2.79. The van der Waals surface area contributed by atoms with Crippen molar-refractivity contribution < 1.29 is 19.1 Å². The van der Waals surface area contributed by atoms with Crippen LogP contribution in [0, 0.1) is 0 Å². The molecule has 1 atom stereocenters. The molecule has 178 valence electrons. The van der Waals surface area contributed by atoms with Gasteiger partial charge in [0.15, 0.2) is 0 Å². The lowest BCUT2D eigenvalue weighted by Crippen LogP contribution is -2.54. The minimum Gasteiger partial charge on any atom is -0.492 e. The van der Waals surface area contributed by atoms with Crippen molar-refractivity contribution in [2.45, 2.75) is 26.8 Å². The van der Waals surface area contributed by atoms with Crippen molar-refractivity contribution in [3.63, 3.8) is 0 Å². The molecule has 2 N–H and O–H groups in total. The summed E-state index contributed by atoms with van der Waals surface area (Å²) >= 11 is 0. The quantitative estimate of drug-likeness (QED) is 0.574. The Labute approximate surface area is 195 Å². The zero-order chi connectivity index (χ0) is 23.6. The first kappa shape index (κ1) is 24.5. The van der Waals surface area contributed by atoms with Gasteiger partial charge >= 0.3 is 0 Å². The second-order valence-corrected chi connectivity index (χ2v) is 8.01. The molecule has 0 aliphatic carbocycles. The number of carbonyl (C=O) groups is 2. The summed E-state index contributed by atoms with van der Waals surface area (Å²) in [6.45, 7) is 9.72. The third kappa shape index (κ3) is 7.20. The first-order valence-electron chi connectivity index (χ1n) is 11.5. The Balaban J connectivity index is 1.48. The molecule has 1 saturated heterocycles. The van der Waals surface area contributed by atoms with Crippen molar-refractivity contribution in [3.05, 3.63) is 48.5 Å². The molecule has 0 radical (unpaired) electrons. The number of benzene rings is 2. The molecule has 8 nitrogen and oxygen atoms in total. The molecule has 2 aromatic carbocycles. The van der Waals surface area contributed by atoms with Gasteiger partial charge in [0.05, 0.1) is 37.7 Å². The fourth-order valence-corrected chi connectivity index (χ4v) is 3.92. The van der Waals surface area contributed by atoms with Crippen LogP contribution in [0.25, 0.3) is 0 Å². The molecule has 2 amide bonds. The number of rotatable bonds is 10. The van der Waals surface area contributed by atoms with E-state index in [4.69, 9.17) is 9.47 Å². The molecule has 1 heterocycles. The number of amides is 2. The van der Waals surface area contributed by atoms with E-state index in [1.807, 2.05) is 62.4 Å². The maximum absolute atomic E-state index is 12.6. The summed E-state index contributed by atoms with van der Waals surface area (Å²) in [4.78, 5) is 29.5. The molecule has 1 fully saturated rings. The van der Waals surface area contributed by atoms with Crippen LogP contribution in [-0.2, 0) is 9.59 Å². The highest BCUT2D eigenvalue weighted by Crippen LogP contribution is 2.24. The van der Waals surface area contributed by atoms with E-state index in [9.17, 15) is 9.59 Å². The molecule has 3 rings (SSSR count). The van der Waals surface area contributed by atoms with Gasteiger partial charge in [0.1, 0.15) is 11.5 Å². The molecule has 1 unspecified atom stereocenters. The van der Waals surface area contributed by atoms with Crippen molar-refractivity contribution in [2.24, 2.45) is 0 Å². The van der Waals surface area contributed by atoms with E-state index in [0.717, 1.165) is 0 Å². The molecule has 1 aliphatic rings. The van der Waals surface area contributed by atoms with E-state index in [1.54, 1.807) is 0 Å². The lowest BCUT2D eigenvalue weighted by Gasteiger charge is -2.39. The van der Waals surface area contributed by atoms with Crippen molar-refractivity contribution in [1.82, 2.24) is 9.80 Å². The summed E-state index contributed by atoms with van der Waals surface area (Å²) in [6, 6.07) is 15.0. The predicted octanol–water partition coefficient (Wildman–Crippen LogP) is 3.07. The van der Waals surface area contributed by atoms with Gasteiger partial charge < -0.3 is 20.1 Å². The number of hydrogen-bond acceptors (Lipinski definition) is 6. The van der Waals surface area contributed by atoms with Crippen molar-refractivity contribution in [3.8, 4) is 11.5 Å². The lowest BCUT2D eigenvalue weighted by atomic mass is 10.2. The van der Waals surface area contributed by atoms with Gasteiger partial charge in [-0.2, -0.15) is 0 Å².